The first-order valence-electron chi connectivity index (χ1n) is 5.26. The highest BCUT2D eigenvalue weighted by Gasteiger charge is 2.20. The lowest BCUT2D eigenvalue weighted by molar-refractivity contribution is -0.119. The summed E-state index contributed by atoms with van der Waals surface area (Å²) in [5.74, 6) is -0.352. The predicted molar refractivity (Wildman–Crippen MR) is 63.1 cm³/mol. The molecule has 7 heteroatoms. The van der Waals surface area contributed by atoms with Crippen molar-refractivity contribution in [3.8, 4) is 0 Å². The Balaban J connectivity index is 1.85. The Morgan fingerprint density at radius 1 is 1.76 bits per heavy atom. The highest BCUT2D eigenvalue weighted by Crippen LogP contribution is 2.16. The number of carbonyl (C=O) groups excluding carboxylic acids is 2. The van der Waals surface area contributed by atoms with Gasteiger partial charge in [0, 0.05) is 24.4 Å². The molecule has 1 aliphatic rings. The molecule has 1 aromatic heterocycles. The van der Waals surface area contributed by atoms with Crippen LogP contribution in [-0.4, -0.2) is 36.6 Å². The molecule has 1 unspecified atom stereocenters. The first kappa shape index (κ1) is 11.8. The number of nitrogens with zero attached hydrogens (tertiary/aromatic N) is 1. The summed E-state index contributed by atoms with van der Waals surface area (Å²) < 4.78 is 4.56. The van der Waals surface area contributed by atoms with Crippen LogP contribution in [0.15, 0.2) is 5.38 Å². The largest absolute Gasteiger partial charge is 0.464 e. The molecular formula is C10H13N3O3S. The van der Waals surface area contributed by atoms with Gasteiger partial charge < -0.3 is 15.4 Å². The summed E-state index contributed by atoms with van der Waals surface area (Å²) in [7, 11) is 1.32. The van der Waals surface area contributed by atoms with Gasteiger partial charge in [0.1, 0.15) is 0 Å². The molecule has 2 heterocycles. The molecule has 0 spiro atoms. The van der Waals surface area contributed by atoms with Gasteiger partial charge in [-0.1, -0.05) is 0 Å². The van der Waals surface area contributed by atoms with Crippen LogP contribution in [0.3, 0.4) is 0 Å². The lowest BCUT2D eigenvalue weighted by Gasteiger charge is -2.09. The van der Waals surface area contributed by atoms with Crippen molar-refractivity contribution in [2.24, 2.45) is 0 Å². The fourth-order valence-corrected chi connectivity index (χ4v) is 2.28. The highest BCUT2D eigenvalue weighted by molar-refractivity contribution is 7.13. The second-order valence-electron chi connectivity index (χ2n) is 3.71. The Morgan fingerprint density at radius 2 is 2.59 bits per heavy atom. The van der Waals surface area contributed by atoms with Gasteiger partial charge in [-0.05, 0) is 6.42 Å². The smallest absolute Gasteiger partial charge is 0.357 e. The maximum Gasteiger partial charge on any atom is 0.357 e. The lowest BCUT2D eigenvalue weighted by atomic mass is 10.2. The minimum atomic E-state index is -0.441. The Kier molecular flexibility index (Phi) is 3.58. The molecule has 1 fully saturated rings. The average molecular weight is 255 g/mol. The molecule has 92 valence electrons. The molecule has 2 rings (SSSR count). The number of hydrogen-bond acceptors (Lipinski definition) is 6. The zero-order chi connectivity index (χ0) is 12.3. The average Bonchev–Trinajstić information content (AvgIpc) is 2.94. The van der Waals surface area contributed by atoms with E-state index < -0.39 is 5.97 Å². The van der Waals surface area contributed by atoms with Gasteiger partial charge in [0.05, 0.1) is 7.11 Å². The number of methoxy groups -OCH3 is 1. The van der Waals surface area contributed by atoms with Crippen molar-refractivity contribution in [2.75, 3.05) is 19.0 Å². The van der Waals surface area contributed by atoms with E-state index in [1.807, 2.05) is 0 Å². The summed E-state index contributed by atoms with van der Waals surface area (Å²) in [6.45, 7) is 0.625. The van der Waals surface area contributed by atoms with Crippen molar-refractivity contribution >= 4 is 28.3 Å². The number of aromatic nitrogens is 1. The zero-order valence-electron chi connectivity index (χ0n) is 9.36. The molecule has 1 aliphatic heterocycles. The summed E-state index contributed by atoms with van der Waals surface area (Å²) in [6.07, 6.45) is 1.42. The predicted octanol–water partition coefficient (Wildman–Crippen LogP) is 0.620. The van der Waals surface area contributed by atoms with Crippen LogP contribution in [0.2, 0.25) is 0 Å². The van der Waals surface area contributed by atoms with Gasteiger partial charge in [-0.2, -0.15) is 0 Å². The number of esters is 1. The molecule has 6 nitrogen and oxygen atoms in total. The monoisotopic (exact) mass is 255 g/mol. The Bertz CT molecular complexity index is 432. The molecule has 1 saturated heterocycles. The van der Waals surface area contributed by atoms with E-state index in [0.717, 1.165) is 6.42 Å². The Hall–Kier alpha value is -1.63. The van der Waals surface area contributed by atoms with Crippen molar-refractivity contribution in [1.82, 2.24) is 10.3 Å². The van der Waals surface area contributed by atoms with Crippen molar-refractivity contribution < 1.29 is 14.3 Å². The molecule has 0 bridgehead atoms. The number of anilines is 1. The van der Waals surface area contributed by atoms with E-state index >= 15 is 0 Å². The first-order chi connectivity index (χ1) is 8.19. The number of thiazole rings is 1. The number of hydrogen-bond donors (Lipinski definition) is 2. The van der Waals surface area contributed by atoms with Crippen LogP contribution in [0.1, 0.15) is 23.3 Å². The quantitative estimate of drug-likeness (QED) is 0.771. The zero-order valence-corrected chi connectivity index (χ0v) is 10.2. The third-order valence-electron chi connectivity index (χ3n) is 2.48. The summed E-state index contributed by atoms with van der Waals surface area (Å²) in [4.78, 5) is 26.2. The van der Waals surface area contributed by atoms with Crippen LogP contribution in [0.4, 0.5) is 5.13 Å². The molecule has 0 aliphatic carbocycles. The second-order valence-corrected chi connectivity index (χ2v) is 4.57. The molecule has 1 atom stereocenters. The topological polar surface area (TPSA) is 80.3 Å². The van der Waals surface area contributed by atoms with Gasteiger partial charge in [0.25, 0.3) is 0 Å². The summed E-state index contributed by atoms with van der Waals surface area (Å²) >= 11 is 1.34. The second kappa shape index (κ2) is 5.13. The van der Waals surface area contributed by atoms with Gasteiger partial charge in [0.15, 0.2) is 10.8 Å². The standard InChI is InChI=1S/C10H13N3O3S/c1-16-9(15)7-5-17-10(13-7)11-4-6-2-3-8(14)12-6/h5-6H,2-4H2,1H3,(H,11,13)(H,12,14). The van der Waals surface area contributed by atoms with E-state index in [1.54, 1.807) is 5.38 Å². The van der Waals surface area contributed by atoms with Gasteiger partial charge in [-0.15, -0.1) is 11.3 Å². The van der Waals surface area contributed by atoms with E-state index in [2.05, 4.69) is 20.4 Å². The number of carbonyl (C=O) groups is 2. The van der Waals surface area contributed by atoms with E-state index in [4.69, 9.17) is 0 Å². The molecule has 2 N–H and O–H groups in total. The maximum absolute atomic E-state index is 11.2. The van der Waals surface area contributed by atoms with Crippen LogP contribution < -0.4 is 10.6 Å². The normalized spacial score (nSPS) is 18.9. The number of amides is 1. The van der Waals surface area contributed by atoms with Crippen LogP contribution in [0, 0.1) is 0 Å². The van der Waals surface area contributed by atoms with Gasteiger partial charge in [0.2, 0.25) is 5.91 Å². The molecule has 17 heavy (non-hydrogen) atoms. The summed E-state index contributed by atoms with van der Waals surface area (Å²) in [5.41, 5.74) is 0.301. The van der Waals surface area contributed by atoms with Crippen molar-refractivity contribution in [3.63, 3.8) is 0 Å². The molecule has 0 saturated carbocycles. The van der Waals surface area contributed by atoms with Gasteiger partial charge in [-0.3, -0.25) is 4.79 Å². The van der Waals surface area contributed by atoms with Crippen LogP contribution in [0.25, 0.3) is 0 Å². The van der Waals surface area contributed by atoms with E-state index in [9.17, 15) is 9.59 Å². The van der Waals surface area contributed by atoms with E-state index in [-0.39, 0.29) is 11.9 Å². The third kappa shape index (κ3) is 2.94. The molecule has 1 amide bonds. The van der Waals surface area contributed by atoms with Crippen LogP contribution in [0.5, 0.6) is 0 Å². The number of ether oxygens (including phenoxy) is 1. The number of rotatable bonds is 4. The van der Waals surface area contributed by atoms with Crippen molar-refractivity contribution in [1.29, 1.82) is 0 Å². The lowest BCUT2D eigenvalue weighted by Crippen LogP contribution is -2.31. The van der Waals surface area contributed by atoms with Crippen molar-refractivity contribution in [2.45, 2.75) is 18.9 Å². The summed E-state index contributed by atoms with van der Waals surface area (Å²) in [5, 5.41) is 8.24. The van der Waals surface area contributed by atoms with Gasteiger partial charge >= 0.3 is 5.97 Å². The molecular weight excluding hydrogens is 242 g/mol. The third-order valence-corrected chi connectivity index (χ3v) is 3.28. The van der Waals surface area contributed by atoms with Crippen LogP contribution >= 0.6 is 11.3 Å². The van der Waals surface area contributed by atoms with E-state index in [1.165, 1.54) is 18.4 Å². The summed E-state index contributed by atoms with van der Waals surface area (Å²) in [6, 6.07) is 0.146. The SMILES string of the molecule is COC(=O)c1csc(NCC2CCC(=O)N2)n1. The van der Waals surface area contributed by atoms with Crippen molar-refractivity contribution in [3.05, 3.63) is 11.1 Å². The number of nitrogens with one attached hydrogen (secondary N) is 2. The molecule has 1 aromatic rings. The highest BCUT2D eigenvalue weighted by atomic mass is 32.1. The first-order valence-corrected chi connectivity index (χ1v) is 6.14. The van der Waals surface area contributed by atoms with Crippen LogP contribution in [-0.2, 0) is 9.53 Å². The van der Waals surface area contributed by atoms with E-state index in [0.29, 0.717) is 23.8 Å². The molecule has 0 radical (unpaired) electrons. The Morgan fingerprint density at radius 3 is 3.24 bits per heavy atom. The van der Waals surface area contributed by atoms with Gasteiger partial charge in [-0.25, -0.2) is 9.78 Å². The maximum atomic E-state index is 11.2. The molecule has 0 aromatic carbocycles. The fraction of sp³-hybridized carbons (Fsp3) is 0.500. The minimum Gasteiger partial charge on any atom is -0.464 e. The Labute approximate surface area is 102 Å². The minimum absolute atomic E-state index is 0.0891. The fourth-order valence-electron chi connectivity index (χ4n) is 1.59.